The molecule has 3 rings (SSSR count). The van der Waals surface area contributed by atoms with Crippen LogP contribution >= 0.6 is 0 Å². The van der Waals surface area contributed by atoms with Crippen molar-refractivity contribution < 1.29 is 18.3 Å². The zero-order valence-corrected chi connectivity index (χ0v) is 17.5. The van der Waals surface area contributed by atoms with Crippen LogP contribution in [0.5, 0.6) is 0 Å². The number of benzene rings is 1. The standard InChI is InChI=1S/C22H34F3N3O/c1-17(2)27-10-7-19(8-11-27)28-13-12-26(16-20(28)9-14-29)15-18-5-3-4-6-21(18)22(23,24)25/h3-6,17,19-20,29H,7-16H2,1-2H3. The van der Waals surface area contributed by atoms with Crippen molar-refractivity contribution in [1.29, 1.82) is 0 Å². The molecule has 1 aromatic rings. The molecule has 2 saturated heterocycles. The molecule has 0 saturated carbocycles. The first-order valence-electron chi connectivity index (χ1n) is 10.8. The number of hydrogen-bond acceptors (Lipinski definition) is 4. The number of aliphatic hydroxyl groups excluding tert-OH is 1. The topological polar surface area (TPSA) is 30.0 Å². The highest BCUT2D eigenvalue weighted by Crippen LogP contribution is 2.33. The van der Waals surface area contributed by atoms with Crippen LogP contribution in [0.15, 0.2) is 24.3 Å². The van der Waals surface area contributed by atoms with Gasteiger partial charge in [-0.25, -0.2) is 0 Å². The molecule has 1 unspecified atom stereocenters. The van der Waals surface area contributed by atoms with E-state index in [1.165, 1.54) is 12.1 Å². The molecular formula is C22H34F3N3O. The summed E-state index contributed by atoms with van der Waals surface area (Å²) < 4.78 is 40.0. The molecule has 0 bridgehead atoms. The molecule has 4 nitrogen and oxygen atoms in total. The van der Waals surface area contributed by atoms with Gasteiger partial charge in [-0.15, -0.1) is 0 Å². The fourth-order valence-corrected chi connectivity index (χ4v) is 4.87. The van der Waals surface area contributed by atoms with Crippen LogP contribution in [0.1, 0.15) is 44.2 Å². The normalized spacial score (nSPS) is 23.8. The van der Waals surface area contributed by atoms with Crippen LogP contribution < -0.4 is 0 Å². The summed E-state index contributed by atoms with van der Waals surface area (Å²) in [6.07, 6.45) is -1.41. The second-order valence-corrected chi connectivity index (χ2v) is 8.65. The SMILES string of the molecule is CC(C)N1CCC(N2CCN(Cc3ccccc3C(F)(F)F)CC2CCO)CC1. The molecule has 1 aromatic carbocycles. The highest BCUT2D eigenvalue weighted by atomic mass is 19.4. The Balaban J connectivity index is 1.64. The summed E-state index contributed by atoms with van der Waals surface area (Å²) in [4.78, 5) is 7.13. The summed E-state index contributed by atoms with van der Waals surface area (Å²) in [6.45, 7) is 9.37. The van der Waals surface area contributed by atoms with Crippen molar-refractivity contribution in [1.82, 2.24) is 14.7 Å². The Morgan fingerprint density at radius 2 is 1.76 bits per heavy atom. The molecule has 2 aliphatic heterocycles. The molecule has 1 N–H and O–H groups in total. The average molecular weight is 414 g/mol. The fraction of sp³-hybridized carbons (Fsp3) is 0.727. The fourth-order valence-electron chi connectivity index (χ4n) is 4.87. The third-order valence-electron chi connectivity index (χ3n) is 6.49. The minimum absolute atomic E-state index is 0.110. The minimum atomic E-state index is -4.33. The quantitative estimate of drug-likeness (QED) is 0.774. The van der Waals surface area contributed by atoms with Crippen LogP contribution in [-0.2, 0) is 12.7 Å². The maximum absolute atomic E-state index is 13.3. The third kappa shape index (κ3) is 5.72. The van der Waals surface area contributed by atoms with Gasteiger partial charge in [0.05, 0.1) is 5.56 Å². The minimum Gasteiger partial charge on any atom is -0.396 e. The lowest BCUT2D eigenvalue weighted by atomic mass is 9.97. The van der Waals surface area contributed by atoms with Gasteiger partial charge < -0.3 is 10.0 Å². The highest BCUT2D eigenvalue weighted by Gasteiger charge is 2.36. The molecule has 1 atom stereocenters. The largest absolute Gasteiger partial charge is 0.416 e. The van der Waals surface area contributed by atoms with Crippen LogP contribution in [-0.4, -0.2) is 77.3 Å². The van der Waals surface area contributed by atoms with Gasteiger partial charge in [0, 0.05) is 50.9 Å². The Labute approximate surface area is 172 Å². The molecule has 0 amide bonds. The second kappa shape index (κ2) is 9.77. The molecule has 0 spiro atoms. The number of rotatable bonds is 6. The van der Waals surface area contributed by atoms with Gasteiger partial charge in [0.15, 0.2) is 0 Å². The smallest absolute Gasteiger partial charge is 0.396 e. The van der Waals surface area contributed by atoms with E-state index < -0.39 is 11.7 Å². The van der Waals surface area contributed by atoms with Gasteiger partial charge in [0.2, 0.25) is 0 Å². The van der Waals surface area contributed by atoms with E-state index >= 15 is 0 Å². The number of hydrogen-bond donors (Lipinski definition) is 1. The number of likely N-dealkylation sites (tertiary alicyclic amines) is 1. The van der Waals surface area contributed by atoms with E-state index in [1.54, 1.807) is 12.1 Å². The number of nitrogens with zero attached hydrogens (tertiary/aromatic N) is 3. The Morgan fingerprint density at radius 1 is 1.07 bits per heavy atom. The summed E-state index contributed by atoms with van der Waals surface area (Å²) >= 11 is 0. The van der Waals surface area contributed by atoms with Crippen LogP contribution in [0, 0.1) is 0 Å². The Morgan fingerprint density at radius 3 is 2.38 bits per heavy atom. The molecule has 2 aliphatic rings. The predicted molar refractivity (Wildman–Crippen MR) is 109 cm³/mol. The zero-order valence-electron chi connectivity index (χ0n) is 17.5. The number of halogens is 3. The molecule has 7 heteroatoms. The van der Waals surface area contributed by atoms with Crippen molar-refractivity contribution in [2.45, 2.75) is 64.0 Å². The monoisotopic (exact) mass is 413 g/mol. The summed E-state index contributed by atoms with van der Waals surface area (Å²) in [5, 5.41) is 9.57. The van der Waals surface area contributed by atoms with E-state index in [0.717, 1.165) is 39.0 Å². The van der Waals surface area contributed by atoms with E-state index in [1.807, 2.05) is 0 Å². The van der Waals surface area contributed by atoms with Crippen molar-refractivity contribution in [2.24, 2.45) is 0 Å². The van der Waals surface area contributed by atoms with Crippen molar-refractivity contribution in [3.8, 4) is 0 Å². The maximum atomic E-state index is 13.3. The first kappa shape index (κ1) is 22.5. The number of piperazine rings is 1. The molecule has 2 heterocycles. The average Bonchev–Trinajstić information content (AvgIpc) is 2.68. The van der Waals surface area contributed by atoms with Gasteiger partial charge in [0.1, 0.15) is 0 Å². The lowest BCUT2D eigenvalue weighted by Crippen LogP contribution is -2.58. The van der Waals surface area contributed by atoms with Gasteiger partial charge in [-0.2, -0.15) is 13.2 Å². The van der Waals surface area contributed by atoms with Gasteiger partial charge in [0.25, 0.3) is 0 Å². The van der Waals surface area contributed by atoms with Crippen LogP contribution in [0.2, 0.25) is 0 Å². The van der Waals surface area contributed by atoms with E-state index in [0.29, 0.717) is 37.2 Å². The van der Waals surface area contributed by atoms with E-state index in [-0.39, 0.29) is 12.6 Å². The maximum Gasteiger partial charge on any atom is 0.416 e. The van der Waals surface area contributed by atoms with Crippen LogP contribution in [0.4, 0.5) is 13.2 Å². The van der Waals surface area contributed by atoms with Gasteiger partial charge in [-0.05, 0) is 57.8 Å². The predicted octanol–water partition coefficient (Wildman–Crippen LogP) is 3.45. The van der Waals surface area contributed by atoms with Crippen LogP contribution in [0.25, 0.3) is 0 Å². The number of aliphatic hydroxyl groups is 1. The van der Waals surface area contributed by atoms with Gasteiger partial charge in [-0.1, -0.05) is 18.2 Å². The zero-order chi connectivity index (χ0) is 21.0. The lowest BCUT2D eigenvalue weighted by molar-refractivity contribution is -0.138. The summed E-state index contributed by atoms with van der Waals surface area (Å²) in [7, 11) is 0. The molecule has 164 valence electrons. The highest BCUT2D eigenvalue weighted by molar-refractivity contribution is 5.29. The molecule has 0 aliphatic carbocycles. The van der Waals surface area contributed by atoms with Gasteiger partial charge >= 0.3 is 6.18 Å². The first-order chi connectivity index (χ1) is 13.8. The Bertz CT molecular complexity index is 644. The van der Waals surface area contributed by atoms with E-state index in [2.05, 4.69) is 28.5 Å². The first-order valence-corrected chi connectivity index (χ1v) is 10.8. The van der Waals surface area contributed by atoms with Gasteiger partial charge in [-0.3, -0.25) is 9.80 Å². The lowest BCUT2D eigenvalue weighted by Gasteiger charge is -2.48. The molecular weight excluding hydrogens is 379 g/mol. The van der Waals surface area contributed by atoms with Crippen molar-refractivity contribution in [2.75, 3.05) is 39.3 Å². The molecule has 2 fully saturated rings. The van der Waals surface area contributed by atoms with E-state index in [9.17, 15) is 18.3 Å². The van der Waals surface area contributed by atoms with E-state index in [4.69, 9.17) is 0 Å². The number of alkyl halides is 3. The molecule has 0 aromatic heterocycles. The number of piperidine rings is 1. The molecule has 29 heavy (non-hydrogen) atoms. The van der Waals surface area contributed by atoms with Crippen molar-refractivity contribution in [3.05, 3.63) is 35.4 Å². The Hall–Kier alpha value is -1.15. The second-order valence-electron chi connectivity index (χ2n) is 8.65. The van der Waals surface area contributed by atoms with Crippen molar-refractivity contribution >= 4 is 0 Å². The summed E-state index contributed by atoms with van der Waals surface area (Å²) in [5.41, 5.74) is -0.205. The summed E-state index contributed by atoms with van der Waals surface area (Å²) in [6, 6.07) is 7.14. The Kier molecular flexibility index (Phi) is 7.59. The third-order valence-corrected chi connectivity index (χ3v) is 6.49. The molecule has 0 radical (unpaired) electrons. The summed E-state index contributed by atoms with van der Waals surface area (Å²) in [5.74, 6) is 0. The van der Waals surface area contributed by atoms with Crippen molar-refractivity contribution in [3.63, 3.8) is 0 Å². The van der Waals surface area contributed by atoms with Crippen LogP contribution in [0.3, 0.4) is 0 Å².